The fourth-order valence-electron chi connectivity index (χ4n) is 8.07. The minimum Gasteiger partial charge on any atom is -0.228 e. The van der Waals surface area contributed by atoms with Crippen molar-refractivity contribution in [3.05, 3.63) is 185 Å². The van der Waals surface area contributed by atoms with E-state index < -0.39 is 5.41 Å². The zero-order valence-electron chi connectivity index (χ0n) is 27.1. The number of benzene rings is 5. The molecule has 0 saturated carbocycles. The lowest BCUT2D eigenvalue weighted by Gasteiger charge is -2.37. The number of rotatable bonds is 5. The Labute approximate surface area is 287 Å². The Morgan fingerprint density at radius 1 is 0.612 bits per heavy atom. The van der Waals surface area contributed by atoms with E-state index in [0.29, 0.717) is 5.56 Å². The average molecular weight is 628 g/mol. The van der Waals surface area contributed by atoms with Crippen molar-refractivity contribution in [2.75, 3.05) is 0 Å². The zero-order chi connectivity index (χ0) is 32.8. The summed E-state index contributed by atoms with van der Waals surface area (Å²) in [6.07, 6.45) is 17.1. The van der Waals surface area contributed by atoms with E-state index in [0.717, 1.165) is 59.2 Å². The molecule has 49 heavy (non-hydrogen) atoms. The first-order valence-corrected chi connectivity index (χ1v) is 17.1. The number of nitriles is 1. The van der Waals surface area contributed by atoms with Crippen molar-refractivity contribution in [3.8, 4) is 39.6 Å². The smallest absolute Gasteiger partial charge is 0.156 e. The second-order valence-electron chi connectivity index (χ2n) is 13.1. The summed E-state index contributed by atoms with van der Waals surface area (Å²) in [5, 5.41) is 11.0. The van der Waals surface area contributed by atoms with Crippen LogP contribution in [0.4, 0.5) is 0 Å². The normalized spacial score (nSPS) is 17.6. The summed E-state index contributed by atoms with van der Waals surface area (Å²) >= 11 is 0. The van der Waals surface area contributed by atoms with Crippen molar-refractivity contribution >= 4 is 16.5 Å². The molecule has 0 saturated heterocycles. The number of aromatic nitrogens is 2. The molecule has 0 fully saturated rings. The molecule has 6 aromatic rings. The van der Waals surface area contributed by atoms with E-state index in [1.165, 1.54) is 44.5 Å². The molecule has 232 valence electrons. The van der Waals surface area contributed by atoms with Crippen LogP contribution < -0.4 is 0 Å². The molecule has 1 aromatic heterocycles. The van der Waals surface area contributed by atoms with Crippen LogP contribution in [-0.4, -0.2) is 9.97 Å². The molecule has 1 heterocycles. The molecule has 5 aromatic carbocycles. The summed E-state index contributed by atoms with van der Waals surface area (Å²) in [6, 6.07) is 43.5. The van der Waals surface area contributed by atoms with Gasteiger partial charge in [-0.1, -0.05) is 133 Å². The van der Waals surface area contributed by atoms with Crippen LogP contribution in [0.1, 0.15) is 53.8 Å². The van der Waals surface area contributed by atoms with Gasteiger partial charge in [-0.15, -0.1) is 0 Å². The topological polar surface area (TPSA) is 49.6 Å². The van der Waals surface area contributed by atoms with Gasteiger partial charge in [0.2, 0.25) is 0 Å². The molecule has 0 bridgehead atoms. The van der Waals surface area contributed by atoms with Gasteiger partial charge in [0.05, 0.1) is 28.3 Å². The highest BCUT2D eigenvalue weighted by atomic mass is 14.9. The average Bonchev–Trinajstić information content (AvgIpc) is 3.48. The second-order valence-corrected chi connectivity index (χ2v) is 13.1. The van der Waals surface area contributed by atoms with Crippen LogP contribution in [0, 0.1) is 11.3 Å². The van der Waals surface area contributed by atoms with Crippen molar-refractivity contribution in [1.29, 1.82) is 5.26 Å². The third kappa shape index (κ3) is 4.72. The Hall–Kier alpha value is -6.11. The maximum atomic E-state index is 9.99. The number of para-hydroxylation sites is 1. The zero-order valence-corrected chi connectivity index (χ0v) is 27.1. The number of allylic oxidation sites excluding steroid dienone is 8. The standard InChI is InChI=1S/C46H33N3/c47-30-31-20-26-38-39-27-25-35(29-42(39)46(41(38)28-31,36-14-6-2-7-15-36)37-16-8-3-9-17-37)32-21-23-33(24-22-32)44-40-18-10-11-19-43(40)48-45(49-44)34-12-4-1-5-13-34/h1-4,6-8,10-12,14-16,18-29H,5,9,13,17H2. The van der Waals surface area contributed by atoms with Gasteiger partial charge in [-0.25, -0.2) is 9.97 Å². The highest BCUT2D eigenvalue weighted by Crippen LogP contribution is 2.58. The van der Waals surface area contributed by atoms with Gasteiger partial charge in [0.1, 0.15) is 0 Å². The van der Waals surface area contributed by atoms with Gasteiger partial charge in [-0.3, -0.25) is 0 Å². The highest BCUT2D eigenvalue weighted by Gasteiger charge is 2.47. The molecular weight excluding hydrogens is 595 g/mol. The quantitative estimate of drug-likeness (QED) is 0.191. The number of hydrogen-bond donors (Lipinski definition) is 0. The molecule has 0 spiro atoms. The highest BCUT2D eigenvalue weighted by molar-refractivity contribution is 5.94. The van der Waals surface area contributed by atoms with Crippen LogP contribution in [0.3, 0.4) is 0 Å². The summed E-state index contributed by atoms with van der Waals surface area (Å²) in [4.78, 5) is 10.1. The fraction of sp³-hybridized carbons (Fsp3) is 0.109. The van der Waals surface area contributed by atoms with Gasteiger partial charge in [-0.2, -0.15) is 5.26 Å². The molecule has 3 heteroatoms. The Balaban J connectivity index is 1.19. The largest absolute Gasteiger partial charge is 0.228 e. The van der Waals surface area contributed by atoms with E-state index >= 15 is 0 Å². The van der Waals surface area contributed by atoms with Crippen LogP contribution in [-0.2, 0) is 5.41 Å². The van der Waals surface area contributed by atoms with Crippen LogP contribution in [0.2, 0.25) is 0 Å². The number of fused-ring (bicyclic) bond motifs is 4. The lowest BCUT2D eigenvalue weighted by Crippen LogP contribution is -2.30. The Morgan fingerprint density at radius 3 is 2.06 bits per heavy atom. The van der Waals surface area contributed by atoms with Gasteiger partial charge < -0.3 is 0 Å². The van der Waals surface area contributed by atoms with E-state index in [-0.39, 0.29) is 0 Å². The third-order valence-electron chi connectivity index (χ3n) is 10.4. The van der Waals surface area contributed by atoms with Gasteiger partial charge in [0.15, 0.2) is 5.82 Å². The maximum Gasteiger partial charge on any atom is 0.156 e. The summed E-state index contributed by atoms with van der Waals surface area (Å²) in [7, 11) is 0. The molecule has 0 N–H and O–H groups in total. The van der Waals surface area contributed by atoms with Crippen LogP contribution in [0.5, 0.6) is 0 Å². The SMILES string of the molecule is N#Cc1ccc2c(c1)C(C1=CC=CCC1)(c1ccccc1)c1cc(-c3ccc(-c4nc(C5=CC=CCC5)nc5ccccc45)cc3)ccc1-2. The Kier molecular flexibility index (Phi) is 7.03. The maximum absolute atomic E-state index is 9.99. The number of nitrogens with zero attached hydrogens (tertiary/aromatic N) is 3. The molecule has 9 rings (SSSR count). The molecule has 0 aliphatic heterocycles. The predicted molar refractivity (Wildman–Crippen MR) is 200 cm³/mol. The van der Waals surface area contributed by atoms with Crippen LogP contribution in [0.15, 0.2) is 157 Å². The lowest BCUT2D eigenvalue weighted by molar-refractivity contribution is 0.693. The molecule has 0 amide bonds. The molecular formula is C46H33N3. The predicted octanol–water partition coefficient (Wildman–Crippen LogP) is 11.2. The van der Waals surface area contributed by atoms with Crippen molar-refractivity contribution in [2.45, 2.75) is 31.1 Å². The summed E-state index contributed by atoms with van der Waals surface area (Å²) in [6.45, 7) is 0. The van der Waals surface area contributed by atoms with Crippen molar-refractivity contribution in [2.24, 2.45) is 0 Å². The van der Waals surface area contributed by atoms with Gasteiger partial charge >= 0.3 is 0 Å². The first-order chi connectivity index (χ1) is 24.2. The van der Waals surface area contributed by atoms with Crippen LogP contribution >= 0.6 is 0 Å². The first kappa shape index (κ1) is 29.1. The van der Waals surface area contributed by atoms with Crippen molar-refractivity contribution in [1.82, 2.24) is 9.97 Å². The van der Waals surface area contributed by atoms with Crippen molar-refractivity contribution in [3.63, 3.8) is 0 Å². The van der Waals surface area contributed by atoms with E-state index in [9.17, 15) is 5.26 Å². The van der Waals surface area contributed by atoms with Gasteiger partial charge in [0, 0.05) is 10.9 Å². The summed E-state index contributed by atoms with van der Waals surface area (Å²) in [5.41, 5.74) is 14.2. The minimum absolute atomic E-state index is 0.487. The van der Waals surface area contributed by atoms with Crippen LogP contribution in [0.25, 0.3) is 50.0 Å². The van der Waals surface area contributed by atoms with Gasteiger partial charge in [0.25, 0.3) is 0 Å². The lowest BCUT2D eigenvalue weighted by atomic mass is 9.65. The molecule has 1 unspecified atom stereocenters. The van der Waals surface area contributed by atoms with Gasteiger partial charge in [-0.05, 0) is 94.5 Å². The molecule has 0 radical (unpaired) electrons. The molecule has 3 aliphatic rings. The van der Waals surface area contributed by atoms with E-state index in [4.69, 9.17) is 9.97 Å². The first-order valence-electron chi connectivity index (χ1n) is 17.1. The van der Waals surface area contributed by atoms with Crippen molar-refractivity contribution < 1.29 is 0 Å². The van der Waals surface area contributed by atoms with E-state index in [2.05, 4.69) is 146 Å². The minimum atomic E-state index is -0.487. The molecule has 3 nitrogen and oxygen atoms in total. The third-order valence-corrected chi connectivity index (χ3v) is 10.4. The number of hydrogen-bond acceptors (Lipinski definition) is 3. The fourth-order valence-corrected chi connectivity index (χ4v) is 8.07. The summed E-state index contributed by atoms with van der Waals surface area (Å²) < 4.78 is 0. The van der Waals surface area contributed by atoms with E-state index in [1.54, 1.807) is 0 Å². The molecule has 1 atom stereocenters. The molecule has 3 aliphatic carbocycles. The Morgan fingerprint density at radius 2 is 1.31 bits per heavy atom. The monoisotopic (exact) mass is 627 g/mol. The summed E-state index contributed by atoms with van der Waals surface area (Å²) in [5.74, 6) is 0.809. The van der Waals surface area contributed by atoms with E-state index in [1.807, 2.05) is 12.1 Å². The second kappa shape index (κ2) is 11.8. The Bertz CT molecular complexity index is 2440.